The molecule has 0 radical (unpaired) electrons. The van der Waals surface area contributed by atoms with Crippen LogP contribution in [-0.4, -0.2) is 29.0 Å². The van der Waals surface area contributed by atoms with Gasteiger partial charge in [0.25, 0.3) is 11.6 Å². The average molecular weight is 315 g/mol. The zero-order valence-corrected chi connectivity index (χ0v) is 12.0. The number of amides is 1. The molecule has 8 nitrogen and oxygen atoms in total. The van der Waals surface area contributed by atoms with Crippen molar-refractivity contribution >= 4 is 17.3 Å². The second-order valence-electron chi connectivity index (χ2n) is 4.79. The van der Waals surface area contributed by atoms with Gasteiger partial charge in [0.05, 0.1) is 24.2 Å². The summed E-state index contributed by atoms with van der Waals surface area (Å²) >= 11 is 0. The monoisotopic (exact) mass is 315 g/mol. The minimum atomic E-state index is -0.581. The number of benzene rings is 1. The highest BCUT2D eigenvalue weighted by atomic mass is 16.6. The number of hydrogen-bond acceptors (Lipinski definition) is 6. The van der Waals surface area contributed by atoms with Gasteiger partial charge in [0, 0.05) is 18.7 Å². The smallest absolute Gasteiger partial charge is 0.296 e. The molecule has 2 aromatic rings. The molecule has 1 aromatic heterocycles. The SMILES string of the molecule is O=C(Nc1cc2c(cc1[N+](=O)[O-])OCCCO2)c1ccccn1. The highest BCUT2D eigenvalue weighted by Crippen LogP contribution is 2.39. The molecule has 0 saturated heterocycles. The predicted molar refractivity (Wildman–Crippen MR) is 80.9 cm³/mol. The number of pyridine rings is 1. The Morgan fingerprint density at radius 1 is 1.22 bits per heavy atom. The number of anilines is 1. The van der Waals surface area contributed by atoms with Gasteiger partial charge in [-0.1, -0.05) is 6.07 Å². The third-order valence-electron chi connectivity index (χ3n) is 3.21. The minimum Gasteiger partial charge on any atom is -0.489 e. The van der Waals surface area contributed by atoms with E-state index in [1.807, 2.05) is 0 Å². The second-order valence-corrected chi connectivity index (χ2v) is 4.79. The number of rotatable bonds is 3. The minimum absolute atomic E-state index is 0.0369. The first kappa shape index (κ1) is 14.8. The molecule has 1 aliphatic rings. The van der Waals surface area contributed by atoms with E-state index < -0.39 is 10.8 Å². The quantitative estimate of drug-likeness (QED) is 0.689. The van der Waals surface area contributed by atoms with E-state index in [0.717, 1.165) is 0 Å². The van der Waals surface area contributed by atoms with Gasteiger partial charge >= 0.3 is 0 Å². The van der Waals surface area contributed by atoms with E-state index in [0.29, 0.717) is 31.1 Å². The normalized spacial score (nSPS) is 13.0. The van der Waals surface area contributed by atoms with E-state index in [-0.39, 0.29) is 17.1 Å². The van der Waals surface area contributed by atoms with E-state index in [1.165, 1.54) is 24.4 Å². The van der Waals surface area contributed by atoms with Gasteiger partial charge in [-0.2, -0.15) is 0 Å². The molecule has 0 saturated carbocycles. The summed E-state index contributed by atoms with van der Waals surface area (Å²) in [6.07, 6.45) is 2.15. The summed E-state index contributed by atoms with van der Waals surface area (Å²) in [7, 11) is 0. The van der Waals surface area contributed by atoms with Crippen LogP contribution in [-0.2, 0) is 0 Å². The van der Waals surface area contributed by atoms with Gasteiger partial charge < -0.3 is 14.8 Å². The lowest BCUT2D eigenvalue weighted by Gasteiger charge is -2.11. The fourth-order valence-corrected chi connectivity index (χ4v) is 2.13. The third kappa shape index (κ3) is 3.20. The molecule has 1 N–H and O–H groups in total. The summed E-state index contributed by atoms with van der Waals surface area (Å²) in [5, 5.41) is 13.8. The number of carbonyl (C=O) groups excluding carboxylic acids is 1. The molecule has 2 heterocycles. The molecule has 0 spiro atoms. The van der Waals surface area contributed by atoms with Crippen LogP contribution < -0.4 is 14.8 Å². The highest BCUT2D eigenvalue weighted by Gasteiger charge is 2.23. The molecular weight excluding hydrogens is 302 g/mol. The topological polar surface area (TPSA) is 104 Å². The van der Waals surface area contributed by atoms with Gasteiger partial charge in [0.2, 0.25) is 0 Å². The molecule has 23 heavy (non-hydrogen) atoms. The van der Waals surface area contributed by atoms with Crippen molar-refractivity contribution in [2.24, 2.45) is 0 Å². The predicted octanol–water partition coefficient (Wildman–Crippen LogP) is 2.40. The van der Waals surface area contributed by atoms with Crippen LogP contribution in [0.2, 0.25) is 0 Å². The zero-order chi connectivity index (χ0) is 16.2. The lowest BCUT2D eigenvalue weighted by Crippen LogP contribution is -2.14. The molecule has 3 rings (SSSR count). The maximum Gasteiger partial charge on any atom is 0.296 e. The Balaban J connectivity index is 1.95. The maximum absolute atomic E-state index is 12.2. The van der Waals surface area contributed by atoms with Crippen LogP contribution in [0, 0.1) is 10.1 Å². The summed E-state index contributed by atoms with van der Waals surface area (Å²) < 4.78 is 10.9. The van der Waals surface area contributed by atoms with Gasteiger partial charge in [-0.15, -0.1) is 0 Å². The third-order valence-corrected chi connectivity index (χ3v) is 3.21. The first-order valence-corrected chi connectivity index (χ1v) is 6.95. The summed E-state index contributed by atoms with van der Waals surface area (Å²) in [4.78, 5) is 26.7. The summed E-state index contributed by atoms with van der Waals surface area (Å²) in [5.74, 6) is 0.123. The number of aromatic nitrogens is 1. The maximum atomic E-state index is 12.2. The van der Waals surface area contributed by atoms with E-state index in [9.17, 15) is 14.9 Å². The summed E-state index contributed by atoms with van der Waals surface area (Å²) in [6.45, 7) is 0.863. The Morgan fingerprint density at radius 2 is 1.96 bits per heavy atom. The van der Waals surface area contributed by atoms with E-state index >= 15 is 0 Å². The first-order chi connectivity index (χ1) is 11.1. The Hall–Kier alpha value is -3.16. The summed E-state index contributed by atoms with van der Waals surface area (Å²) in [5.41, 5.74) is -0.0673. The van der Waals surface area contributed by atoms with Crippen molar-refractivity contribution in [1.82, 2.24) is 4.98 Å². The van der Waals surface area contributed by atoms with Crippen LogP contribution in [0.3, 0.4) is 0 Å². The first-order valence-electron chi connectivity index (χ1n) is 6.95. The molecule has 1 aromatic carbocycles. The molecule has 0 aliphatic carbocycles. The van der Waals surface area contributed by atoms with Crippen molar-refractivity contribution in [1.29, 1.82) is 0 Å². The van der Waals surface area contributed by atoms with Gasteiger partial charge in [0.15, 0.2) is 11.5 Å². The van der Waals surface area contributed by atoms with E-state index in [1.54, 1.807) is 12.1 Å². The van der Waals surface area contributed by atoms with Crippen LogP contribution >= 0.6 is 0 Å². The molecule has 1 aliphatic heterocycles. The van der Waals surface area contributed by atoms with Crippen LogP contribution in [0.1, 0.15) is 16.9 Å². The standard InChI is InChI=1S/C15H13N3O5/c19-15(10-4-1-2-5-16-10)17-11-8-13-14(9-12(11)18(20)21)23-7-3-6-22-13/h1-2,4-5,8-9H,3,6-7H2,(H,17,19). The van der Waals surface area contributed by atoms with Gasteiger partial charge in [-0.05, 0) is 12.1 Å². The van der Waals surface area contributed by atoms with E-state index in [2.05, 4.69) is 10.3 Å². The molecular formula is C15H13N3O5. The summed E-state index contributed by atoms with van der Waals surface area (Å²) in [6, 6.07) is 7.51. The Labute approximate surface area is 131 Å². The Bertz CT molecular complexity index is 748. The Morgan fingerprint density at radius 3 is 2.61 bits per heavy atom. The number of nitrogens with one attached hydrogen (secondary N) is 1. The van der Waals surface area contributed by atoms with Crippen LogP contribution in [0.4, 0.5) is 11.4 Å². The van der Waals surface area contributed by atoms with Crippen molar-refractivity contribution in [2.45, 2.75) is 6.42 Å². The van der Waals surface area contributed by atoms with Crippen molar-refractivity contribution < 1.29 is 19.2 Å². The van der Waals surface area contributed by atoms with Gasteiger partial charge in [-0.25, -0.2) is 0 Å². The van der Waals surface area contributed by atoms with Crippen molar-refractivity contribution in [2.75, 3.05) is 18.5 Å². The highest BCUT2D eigenvalue weighted by molar-refractivity contribution is 6.04. The van der Waals surface area contributed by atoms with Gasteiger partial charge in [0.1, 0.15) is 11.4 Å². The van der Waals surface area contributed by atoms with E-state index in [4.69, 9.17) is 9.47 Å². The van der Waals surface area contributed by atoms with Crippen molar-refractivity contribution in [3.8, 4) is 11.5 Å². The van der Waals surface area contributed by atoms with Gasteiger partial charge in [-0.3, -0.25) is 19.9 Å². The van der Waals surface area contributed by atoms with Crippen LogP contribution in [0.5, 0.6) is 11.5 Å². The molecule has 118 valence electrons. The number of carbonyl (C=O) groups is 1. The molecule has 8 heteroatoms. The fourth-order valence-electron chi connectivity index (χ4n) is 2.13. The number of fused-ring (bicyclic) bond motifs is 1. The molecule has 0 fully saturated rings. The van der Waals surface area contributed by atoms with Crippen molar-refractivity contribution in [3.05, 3.63) is 52.3 Å². The number of hydrogen-bond donors (Lipinski definition) is 1. The number of nitrogens with zero attached hydrogens (tertiary/aromatic N) is 2. The number of nitro benzene ring substituents is 1. The molecule has 0 bridgehead atoms. The van der Waals surface area contributed by atoms with Crippen LogP contribution in [0.15, 0.2) is 36.5 Å². The lowest BCUT2D eigenvalue weighted by atomic mass is 10.2. The van der Waals surface area contributed by atoms with Crippen molar-refractivity contribution in [3.63, 3.8) is 0 Å². The fraction of sp³-hybridized carbons (Fsp3) is 0.200. The number of nitro groups is 1. The largest absolute Gasteiger partial charge is 0.489 e. The zero-order valence-electron chi connectivity index (χ0n) is 12.0. The Kier molecular flexibility index (Phi) is 4.05. The molecule has 1 amide bonds. The van der Waals surface area contributed by atoms with Crippen LogP contribution in [0.25, 0.3) is 0 Å². The number of ether oxygens (including phenoxy) is 2. The molecule has 0 atom stereocenters. The lowest BCUT2D eigenvalue weighted by molar-refractivity contribution is -0.384. The molecule has 0 unspecified atom stereocenters. The second kappa shape index (κ2) is 6.30. The average Bonchev–Trinajstić information content (AvgIpc) is 2.79.